The Morgan fingerprint density at radius 1 is 1.17 bits per heavy atom. The first-order valence-corrected chi connectivity index (χ1v) is 6.80. The molecule has 0 fully saturated rings. The number of rotatable bonds is 7. The summed E-state index contributed by atoms with van der Waals surface area (Å²) in [6.07, 6.45) is 3.13. The molecule has 0 aliphatic carbocycles. The summed E-state index contributed by atoms with van der Waals surface area (Å²) < 4.78 is 0. The van der Waals surface area contributed by atoms with E-state index in [9.17, 15) is 0 Å². The van der Waals surface area contributed by atoms with Gasteiger partial charge in [0.2, 0.25) is 0 Å². The molecule has 4 heteroatoms. The minimum Gasteiger partial charge on any atom is -0.373 e. The fourth-order valence-electron chi connectivity index (χ4n) is 1.51. The molecule has 18 heavy (non-hydrogen) atoms. The molecule has 102 valence electrons. The summed E-state index contributed by atoms with van der Waals surface area (Å²) in [5.74, 6) is 2.70. The van der Waals surface area contributed by atoms with Gasteiger partial charge in [0.25, 0.3) is 0 Å². The average Bonchev–Trinajstić information content (AvgIpc) is 2.37. The lowest BCUT2D eigenvalue weighted by atomic mass is 9.90. The van der Waals surface area contributed by atoms with Gasteiger partial charge in [-0.3, -0.25) is 0 Å². The van der Waals surface area contributed by atoms with Crippen molar-refractivity contribution in [2.75, 3.05) is 24.2 Å². The van der Waals surface area contributed by atoms with Crippen LogP contribution in [0.5, 0.6) is 0 Å². The molecule has 1 aromatic rings. The summed E-state index contributed by atoms with van der Waals surface area (Å²) in [6, 6.07) is 1.96. The Morgan fingerprint density at radius 3 is 2.39 bits per heavy atom. The second-order valence-corrected chi connectivity index (χ2v) is 5.43. The average molecular weight is 250 g/mol. The van der Waals surface area contributed by atoms with Gasteiger partial charge in [-0.05, 0) is 18.3 Å². The smallest absolute Gasteiger partial charge is 0.133 e. The summed E-state index contributed by atoms with van der Waals surface area (Å²) in [6.45, 7) is 9.79. The van der Waals surface area contributed by atoms with Crippen LogP contribution in [0.15, 0.2) is 6.07 Å². The fraction of sp³-hybridized carbons (Fsp3) is 0.714. The van der Waals surface area contributed by atoms with Crippen molar-refractivity contribution in [1.82, 2.24) is 9.97 Å². The summed E-state index contributed by atoms with van der Waals surface area (Å²) in [5, 5.41) is 6.50. The highest BCUT2D eigenvalue weighted by Gasteiger charge is 2.15. The van der Waals surface area contributed by atoms with E-state index in [0.29, 0.717) is 0 Å². The van der Waals surface area contributed by atoms with Gasteiger partial charge < -0.3 is 10.6 Å². The normalized spacial score (nSPS) is 11.4. The van der Waals surface area contributed by atoms with Crippen LogP contribution in [0.2, 0.25) is 0 Å². The Kier molecular flexibility index (Phi) is 5.38. The van der Waals surface area contributed by atoms with Crippen LogP contribution in [0.4, 0.5) is 11.6 Å². The van der Waals surface area contributed by atoms with Crippen LogP contribution >= 0.6 is 0 Å². The Hall–Kier alpha value is -1.32. The van der Waals surface area contributed by atoms with Gasteiger partial charge in [-0.1, -0.05) is 27.7 Å². The van der Waals surface area contributed by atoms with Crippen molar-refractivity contribution in [2.24, 2.45) is 5.41 Å². The first kappa shape index (κ1) is 14.7. The van der Waals surface area contributed by atoms with Crippen LogP contribution in [-0.4, -0.2) is 23.6 Å². The van der Waals surface area contributed by atoms with Crippen molar-refractivity contribution in [1.29, 1.82) is 0 Å². The van der Waals surface area contributed by atoms with Crippen LogP contribution in [0.25, 0.3) is 0 Å². The summed E-state index contributed by atoms with van der Waals surface area (Å²) in [5.41, 5.74) is 0.287. The van der Waals surface area contributed by atoms with Gasteiger partial charge in [0, 0.05) is 26.1 Å². The van der Waals surface area contributed by atoms with E-state index in [-0.39, 0.29) is 5.41 Å². The zero-order valence-corrected chi connectivity index (χ0v) is 12.3. The molecule has 1 heterocycles. The molecule has 0 bridgehead atoms. The van der Waals surface area contributed by atoms with Crippen molar-refractivity contribution in [3.8, 4) is 0 Å². The molecule has 0 amide bonds. The van der Waals surface area contributed by atoms with Gasteiger partial charge in [0.15, 0.2) is 0 Å². The minimum atomic E-state index is 0.287. The lowest BCUT2D eigenvalue weighted by Crippen LogP contribution is -2.22. The minimum absolute atomic E-state index is 0.287. The Balaban J connectivity index is 2.78. The lowest BCUT2D eigenvalue weighted by Gasteiger charge is -2.23. The second kappa shape index (κ2) is 6.57. The fourth-order valence-corrected chi connectivity index (χ4v) is 1.51. The number of aryl methyl sites for hydroxylation is 1. The number of aromatic nitrogens is 2. The number of anilines is 2. The molecule has 0 spiro atoms. The van der Waals surface area contributed by atoms with Gasteiger partial charge in [0.1, 0.15) is 17.5 Å². The third-order valence-corrected chi connectivity index (χ3v) is 3.21. The summed E-state index contributed by atoms with van der Waals surface area (Å²) in [7, 11) is 1.89. The molecule has 1 rings (SSSR count). The first-order valence-electron chi connectivity index (χ1n) is 6.80. The van der Waals surface area contributed by atoms with E-state index in [4.69, 9.17) is 0 Å². The second-order valence-electron chi connectivity index (χ2n) is 5.43. The van der Waals surface area contributed by atoms with Crippen molar-refractivity contribution in [3.05, 3.63) is 11.9 Å². The highest BCUT2D eigenvalue weighted by Crippen LogP contribution is 2.20. The third-order valence-electron chi connectivity index (χ3n) is 3.21. The lowest BCUT2D eigenvalue weighted by molar-refractivity contribution is 0.376. The number of nitrogens with zero attached hydrogens (tertiary/aromatic N) is 2. The molecule has 2 N–H and O–H groups in total. The molecule has 0 aliphatic heterocycles. The highest BCUT2D eigenvalue weighted by atomic mass is 15.1. The van der Waals surface area contributed by atoms with Crippen LogP contribution in [0, 0.1) is 5.41 Å². The van der Waals surface area contributed by atoms with Crippen molar-refractivity contribution >= 4 is 11.6 Å². The summed E-state index contributed by atoms with van der Waals surface area (Å²) in [4.78, 5) is 8.99. The third kappa shape index (κ3) is 4.51. The largest absolute Gasteiger partial charge is 0.373 e. The van der Waals surface area contributed by atoms with Gasteiger partial charge in [-0.15, -0.1) is 0 Å². The molecular weight excluding hydrogens is 224 g/mol. The number of hydrogen-bond donors (Lipinski definition) is 2. The molecule has 0 atom stereocenters. The maximum absolute atomic E-state index is 4.55. The Bertz CT molecular complexity index is 374. The molecule has 1 aromatic heterocycles. The van der Waals surface area contributed by atoms with Gasteiger partial charge in [-0.25, -0.2) is 9.97 Å². The van der Waals surface area contributed by atoms with Crippen LogP contribution < -0.4 is 10.6 Å². The van der Waals surface area contributed by atoms with E-state index < -0.39 is 0 Å². The number of hydrogen-bond acceptors (Lipinski definition) is 4. The molecule has 0 saturated heterocycles. The van der Waals surface area contributed by atoms with Crippen LogP contribution in [-0.2, 0) is 6.42 Å². The Labute approximate surface area is 111 Å². The molecule has 0 saturated carbocycles. The Morgan fingerprint density at radius 2 is 1.83 bits per heavy atom. The van der Waals surface area contributed by atoms with Crippen molar-refractivity contribution < 1.29 is 0 Å². The maximum Gasteiger partial charge on any atom is 0.133 e. The quantitative estimate of drug-likeness (QED) is 0.779. The molecule has 0 aromatic carbocycles. The molecule has 0 radical (unpaired) electrons. The molecule has 0 unspecified atom stereocenters. The zero-order chi connectivity index (χ0) is 13.6. The SMILES string of the molecule is CCCc1nc(NC)cc(NCC(C)(C)CC)n1. The molecule has 4 nitrogen and oxygen atoms in total. The van der Waals surface area contributed by atoms with E-state index in [1.807, 2.05) is 13.1 Å². The monoisotopic (exact) mass is 250 g/mol. The van der Waals surface area contributed by atoms with E-state index >= 15 is 0 Å². The zero-order valence-electron chi connectivity index (χ0n) is 12.3. The van der Waals surface area contributed by atoms with Crippen LogP contribution in [0.3, 0.4) is 0 Å². The summed E-state index contributed by atoms with van der Waals surface area (Å²) >= 11 is 0. The molecular formula is C14H26N4. The van der Waals surface area contributed by atoms with Crippen LogP contribution in [0.1, 0.15) is 46.4 Å². The van der Waals surface area contributed by atoms with Gasteiger partial charge in [-0.2, -0.15) is 0 Å². The van der Waals surface area contributed by atoms with Gasteiger partial charge in [0.05, 0.1) is 0 Å². The van der Waals surface area contributed by atoms with E-state index in [0.717, 1.165) is 43.3 Å². The topological polar surface area (TPSA) is 49.8 Å². The van der Waals surface area contributed by atoms with Crippen molar-refractivity contribution in [2.45, 2.75) is 47.0 Å². The molecule has 0 aliphatic rings. The number of nitrogens with one attached hydrogen (secondary N) is 2. The van der Waals surface area contributed by atoms with E-state index in [2.05, 4.69) is 48.3 Å². The highest BCUT2D eigenvalue weighted by molar-refractivity contribution is 5.47. The predicted octanol–water partition coefficient (Wildman–Crippen LogP) is 3.32. The van der Waals surface area contributed by atoms with E-state index in [1.165, 1.54) is 0 Å². The van der Waals surface area contributed by atoms with Gasteiger partial charge >= 0.3 is 0 Å². The standard InChI is InChI=1S/C14H26N4/c1-6-8-11-17-12(15-5)9-13(18-11)16-10-14(3,4)7-2/h9H,6-8,10H2,1-5H3,(H2,15,16,17,18). The van der Waals surface area contributed by atoms with Crippen molar-refractivity contribution in [3.63, 3.8) is 0 Å². The maximum atomic E-state index is 4.55. The first-order chi connectivity index (χ1) is 8.50. The predicted molar refractivity (Wildman–Crippen MR) is 78.1 cm³/mol. The van der Waals surface area contributed by atoms with E-state index in [1.54, 1.807) is 0 Å².